The van der Waals surface area contributed by atoms with Crippen molar-refractivity contribution in [3.8, 4) is 11.4 Å². The molecule has 0 aliphatic carbocycles. The van der Waals surface area contributed by atoms with Gasteiger partial charge in [0.25, 0.3) is 0 Å². The summed E-state index contributed by atoms with van der Waals surface area (Å²) in [7, 11) is 1.48. The zero-order valence-corrected chi connectivity index (χ0v) is 19.8. The van der Waals surface area contributed by atoms with Crippen molar-refractivity contribution in [1.29, 1.82) is 0 Å². The van der Waals surface area contributed by atoms with Crippen LogP contribution in [-0.2, 0) is 15.3 Å². The van der Waals surface area contributed by atoms with Gasteiger partial charge in [-0.2, -0.15) is 5.10 Å². The number of methoxy groups -OCH3 is 1. The number of benzene rings is 3. The zero-order chi connectivity index (χ0) is 24.3. The number of carbonyl (C=O) groups excluding carboxylic acids is 1. The highest BCUT2D eigenvalue weighted by atomic mass is 19.1. The van der Waals surface area contributed by atoms with Gasteiger partial charge in [0, 0.05) is 24.5 Å². The van der Waals surface area contributed by atoms with E-state index in [1.807, 2.05) is 51.1 Å². The molecular weight excluding hydrogens is 433 g/mol. The number of aryl methyl sites for hydroxylation is 2. The van der Waals surface area contributed by atoms with Crippen LogP contribution in [0.3, 0.4) is 0 Å². The van der Waals surface area contributed by atoms with E-state index >= 15 is 0 Å². The van der Waals surface area contributed by atoms with Gasteiger partial charge >= 0.3 is 0 Å². The van der Waals surface area contributed by atoms with Crippen LogP contribution in [0.1, 0.15) is 30.0 Å². The number of carbonyl (C=O) groups is 1. The lowest BCUT2D eigenvalue weighted by molar-refractivity contribution is -0.131. The smallest absolute Gasteiger partial charge is 0.249 e. The Morgan fingerprint density at radius 2 is 1.85 bits per heavy atom. The number of amides is 1. The first-order chi connectivity index (χ1) is 16.3. The molecule has 176 valence electrons. The summed E-state index contributed by atoms with van der Waals surface area (Å²) in [6.45, 7) is 5.94. The van der Waals surface area contributed by atoms with Crippen LogP contribution in [0.5, 0.6) is 5.75 Å². The molecule has 0 aliphatic heterocycles. The van der Waals surface area contributed by atoms with E-state index in [1.54, 1.807) is 23.0 Å². The molecule has 1 atom stereocenters. The van der Waals surface area contributed by atoms with Crippen LogP contribution >= 0.6 is 0 Å². The highest BCUT2D eigenvalue weighted by molar-refractivity contribution is 5.82. The van der Waals surface area contributed by atoms with Crippen LogP contribution in [0.2, 0.25) is 0 Å². The summed E-state index contributed by atoms with van der Waals surface area (Å²) in [6.07, 6.45) is 2.24. The van der Waals surface area contributed by atoms with Crippen molar-refractivity contribution in [2.75, 3.05) is 13.7 Å². The summed E-state index contributed by atoms with van der Waals surface area (Å²) in [5, 5.41) is 8.37. The van der Waals surface area contributed by atoms with Crippen LogP contribution in [0, 0.1) is 19.7 Å². The fourth-order valence-corrected chi connectivity index (χ4v) is 4.22. The van der Waals surface area contributed by atoms with E-state index in [1.165, 1.54) is 19.2 Å². The van der Waals surface area contributed by atoms with Gasteiger partial charge in [0.2, 0.25) is 11.6 Å². The molecule has 6 nitrogen and oxygen atoms in total. The third-order valence-corrected chi connectivity index (χ3v) is 5.83. The predicted octanol–water partition coefficient (Wildman–Crippen LogP) is 5.19. The molecule has 1 heterocycles. The third-order valence-electron chi connectivity index (χ3n) is 5.83. The maximum absolute atomic E-state index is 13.3. The van der Waals surface area contributed by atoms with Gasteiger partial charge in [-0.05, 0) is 61.9 Å². The number of nitrogens with zero attached hydrogens (tertiary/aromatic N) is 2. The molecule has 4 rings (SSSR count). The summed E-state index contributed by atoms with van der Waals surface area (Å²) >= 11 is 0. The van der Waals surface area contributed by atoms with Gasteiger partial charge in [-0.15, -0.1) is 0 Å². The quantitative estimate of drug-likeness (QED) is 0.367. The molecule has 0 bridgehead atoms. The average Bonchev–Trinajstić information content (AvgIpc) is 3.22. The fourth-order valence-electron chi connectivity index (χ4n) is 4.22. The molecule has 0 fully saturated rings. The molecule has 34 heavy (non-hydrogen) atoms. The zero-order valence-electron chi connectivity index (χ0n) is 19.8. The first-order valence-corrected chi connectivity index (χ1v) is 11.2. The van der Waals surface area contributed by atoms with Crippen LogP contribution in [0.25, 0.3) is 16.6 Å². The molecule has 0 radical (unpaired) electrons. The molecule has 0 saturated heterocycles. The van der Waals surface area contributed by atoms with E-state index in [2.05, 4.69) is 16.5 Å². The minimum absolute atomic E-state index is 0.0699. The molecule has 4 aromatic rings. The lowest BCUT2D eigenvalue weighted by Crippen LogP contribution is -2.51. The average molecular weight is 462 g/mol. The normalized spacial score (nSPS) is 13.0. The minimum Gasteiger partial charge on any atom is -0.464 e. The first kappa shape index (κ1) is 23.4. The van der Waals surface area contributed by atoms with Gasteiger partial charge in [0.05, 0.1) is 17.4 Å². The summed E-state index contributed by atoms with van der Waals surface area (Å²) < 4.78 is 26.7. The molecule has 0 aliphatic rings. The lowest BCUT2D eigenvalue weighted by Gasteiger charge is -2.36. The van der Waals surface area contributed by atoms with Crippen LogP contribution in [0.4, 0.5) is 4.39 Å². The SMILES string of the molecule is CC[C@@](NC(=O)COC)(Oc1ccc2c(cnn2-c2ccc(F)cc2)c1)c1ccc(C)cc1C. The van der Waals surface area contributed by atoms with Crippen molar-refractivity contribution in [2.24, 2.45) is 0 Å². The maximum atomic E-state index is 13.3. The summed E-state index contributed by atoms with van der Waals surface area (Å²) in [5.74, 6) is 0.0222. The first-order valence-electron chi connectivity index (χ1n) is 11.2. The molecule has 0 saturated carbocycles. The second-order valence-electron chi connectivity index (χ2n) is 8.34. The Morgan fingerprint density at radius 1 is 1.09 bits per heavy atom. The lowest BCUT2D eigenvalue weighted by atomic mass is 9.93. The highest BCUT2D eigenvalue weighted by Gasteiger charge is 2.36. The van der Waals surface area contributed by atoms with Crippen molar-refractivity contribution < 1.29 is 18.7 Å². The van der Waals surface area contributed by atoms with Crippen molar-refractivity contribution >= 4 is 16.8 Å². The Bertz CT molecular complexity index is 1320. The Hall–Kier alpha value is -3.71. The molecule has 1 aromatic heterocycles. The Morgan fingerprint density at radius 3 is 2.53 bits per heavy atom. The maximum Gasteiger partial charge on any atom is 0.249 e. The van der Waals surface area contributed by atoms with Crippen molar-refractivity contribution in [2.45, 2.75) is 32.9 Å². The number of fused-ring (bicyclic) bond motifs is 1. The Kier molecular flexibility index (Phi) is 6.65. The van der Waals surface area contributed by atoms with Gasteiger partial charge in [-0.3, -0.25) is 4.79 Å². The predicted molar refractivity (Wildman–Crippen MR) is 130 cm³/mol. The number of aromatic nitrogens is 2. The summed E-state index contributed by atoms with van der Waals surface area (Å²) in [5.41, 5.74) is 3.57. The van der Waals surface area contributed by atoms with Gasteiger partial charge in [0.15, 0.2) is 0 Å². The molecule has 0 unspecified atom stereocenters. The number of rotatable bonds is 8. The molecule has 1 N–H and O–H groups in total. The van der Waals surface area contributed by atoms with E-state index in [0.29, 0.717) is 12.2 Å². The number of hydrogen-bond acceptors (Lipinski definition) is 4. The summed E-state index contributed by atoms with van der Waals surface area (Å²) in [6, 6.07) is 17.9. The molecule has 0 spiro atoms. The van der Waals surface area contributed by atoms with E-state index in [-0.39, 0.29) is 18.3 Å². The van der Waals surface area contributed by atoms with Gasteiger partial charge < -0.3 is 14.8 Å². The standard InChI is InChI=1S/C27H28FN3O3/c1-5-27(30-26(32)17-33-4,24-12-6-18(2)14-19(24)3)34-23-11-13-25-20(15-23)16-29-31(25)22-9-7-21(28)8-10-22/h6-16H,5,17H2,1-4H3,(H,30,32)/t27-/m1/s1. The highest BCUT2D eigenvalue weighted by Crippen LogP contribution is 2.33. The monoisotopic (exact) mass is 461 g/mol. The van der Waals surface area contributed by atoms with Gasteiger partial charge in [-0.1, -0.05) is 30.7 Å². The number of halogens is 1. The Balaban J connectivity index is 1.73. The third kappa shape index (κ3) is 4.65. The van der Waals surface area contributed by atoms with Crippen molar-refractivity contribution in [3.05, 3.63) is 89.4 Å². The molecular formula is C27H28FN3O3. The Labute approximate surface area is 198 Å². The minimum atomic E-state index is -1.08. The van der Waals surface area contributed by atoms with Crippen LogP contribution in [0.15, 0.2) is 66.9 Å². The van der Waals surface area contributed by atoms with Gasteiger partial charge in [-0.25, -0.2) is 9.07 Å². The van der Waals surface area contributed by atoms with E-state index in [9.17, 15) is 9.18 Å². The van der Waals surface area contributed by atoms with E-state index in [0.717, 1.165) is 33.3 Å². The van der Waals surface area contributed by atoms with Crippen molar-refractivity contribution in [1.82, 2.24) is 15.1 Å². The molecule has 7 heteroatoms. The van der Waals surface area contributed by atoms with Gasteiger partial charge in [0.1, 0.15) is 18.2 Å². The number of ether oxygens (including phenoxy) is 2. The van der Waals surface area contributed by atoms with Crippen LogP contribution in [-0.4, -0.2) is 29.4 Å². The van der Waals surface area contributed by atoms with E-state index < -0.39 is 5.72 Å². The van der Waals surface area contributed by atoms with Crippen LogP contribution < -0.4 is 10.1 Å². The molecule has 3 aromatic carbocycles. The number of nitrogens with one attached hydrogen (secondary N) is 1. The largest absolute Gasteiger partial charge is 0.464 e. The van der Waals surface area contributed by atoms with Crippen molar-refractivity contribution in [3.63, 3.8) is 0 Å². The van der Waals surface area contributed by atoms with E-state index in [4.69, 9.17) is 9.47 Å². The summed E-state index contributed by atoms with van der Waals surface area (Å²) in [4.78, 5) is 12.6. The second kappa shape index (κ2) is 9.65. The topological polar surface area (TPSA) is 65.4 Å². The number of hydrogen-bond donors (Lipinski definition) is 1. The molecule has 1 amide bonds. The fraction of sp³-hybridized carbons (Fsp3) is 0.259. The second-order valence-corrected chi connectivity index (χ2v) is 8.34.